The van der Waals surface area contributed by atoms with E-state index in [0.717, 1.165) is 5.64 Å². The summed E-state index contributed by atoms with van der Waals surface area (Å²) in [6.45, 7) is -0.361. The van der Waals surface area contributed by atoms with Gasteiger partial charge in [-0.25, -0.2) is 4.79 Å². The zero-order valence-electron chi connectivity index (χ0n) is 16.8. The fraction of sp³-hybridized carbons (Fsp3) is 0.438. The number of nitrogens with one attached hydrogen (secondary N) is 2. The number of fused-ring (bicyclic) bond motifs is 1. The maximum absolute atomic E-state index is 13.6. The number of rotatable bonds is 10. The van der Waals surface area contributed by atoms with Gasteiger partial charge in [-0.05, 0) is 30.2 Å². The third-order valence-corrected chi connectivity index (χ3v) is 5.42. The summed E-state index contributed by atoms with van der Waals surface area (Å²) < 4.78 is 117. The molecule has 1 unspecified atom stereocenters. The van der Waals surface area contributed by atoms with E-state index in [0.29, 0.717) is 6.08 Å². The minimum atomic E-state index is -10.2. The van der Waals surface area contributed by atoms with Crippen LogP contribution in [0.2, 0.25) is 0 Å². The Morgan fingerprint density at radius 3 is 2.32 bits per heavy atom. The van der Waals surface area contributed by atoms with Gasteiger partial charge in [0.05, 0.1) is 5.57 Å². The molecule has 1 aromatic rings. The maximum atomic E-state index is 13.6. The van der Waals surface area contributed by atoms with E-state index in [-0.39, 0.29) is 12.1 Å². The number of carbonyl (C=O) groups excluding carboxylic acids is 1. The number of alkyl halides is 3. The molecule has 0 amide bonds. The summed E-state index contributed by atoms with van der Waals surface area (Å²) in [6.07, 6.45) is -10.0. The molecular formula is C16H17F8N2O7S-. The molecule has 0 saturated heterocycles. The molecule has 0 spiro atoms. The van der Waals surface area contributed by atoms with Crippen LogP contribution in [0.1, 0.15) is 18.1 Å². The molecule has 9 nitrogen and oxygen atoms in total. The van der Waals surface area contributed by atoms with E-state index < -0.39 is 81.6 Å². The smallest absolute Gasteiger partial charge is 0.430 e. The third-order valence-electron chi connectivity index (χ3n) is 4.29. The van der Waals surface area contributed by atoms with Crippen molar-refractivity contribution in [2.45, 2.75) is 36.6 Å². The molecule has 2 rings (SSSR count). The maximum Gasteiger partial charge on any atom is 0.430 e. The first kappa shape index (κ1) is 28.0. The Morgan fingerprint density at radius 2 is 1.82 bits per heavy atom. The zero-order valence-corrected chi connectivity index (χ0v) is 17.7. The lowest BCUT2D eigenvalue weighted by Crippen LogP contribution is -2.42. The van der Waals surface area contributed by atoms with Crippen LogP contribution in [0.4, 0.5) is 32.6 Å². The van der Waals surface area contributed by atoms with Gasteiger partial charge in [0.2, 0.25) is 6.10 Å². The second kappa shape index (κ2) is 9.10. The predicted molar refractivity (Wildman–Crippen MR) is 98.9 cm³/mol. The second-order valence-electron chi connectivity index (χ2n) is 6.79. The Kier molecular flexibility index (Phi) is 7.50. The number of hydrogen-bond acceptors (Lipinski definition) is 9. The van der Waals surface area contributed by atoms with Crippen molar-refractivity contribution < 1.29 is 61.8 Å². The number of halogens is 8. The first-order chi connectivity index (χ1) is 15.4. The fourth-order valence-electron chi connectivity index (χ4n) is 2.85. The van der Waals surface area contributed by atoms with Gasteiger partial charge in [-0.3, -0.25) is 15.7 Å². The van der Waals surface area contributed by atoms with Crippen LogP contribution < -0.4 is 16.0 Å². The van der Waals surface area contributed by atoms with Crippen LogP contribution in [-0.4, -0.2) is 42.8 Å². The molecular weight excluding hydrogens is 516 g/mol. The van der Waals surface area contributed by atoms with Gasteiger partial charge >= 0.3 is 22.4 Å². The van der Waals surface area contributed by atoms with Gasteiger partial charge in [0, 0.05) is 5.56 Å². The van der Waals surface area contributed by atoms with E-state index >= 15 is 0 Å². The minimum absolute atomic E-state index is 0.00645. The van der Waals surface area contributed by atoms with Crippen LogP contribution in [0.3, 0.4) is 0 Å². The number of ether oxygens (including phenoxy) is 2. The van der Waals surface area contributed by atoms with Crippen LogP contribution in [-0.2, 0) is 25.6 Å². The first-order valence-corrected chi connectivity index (χ1v) is 10.9. The quantitative estimate of drug-likeness (QED) is 0.228. The van der Waals surface area contributed by atoms with Gasteiger partial charge < -0.3 is 19.5 Å². The monoisotopic (exact) mass is 533 g/mol. The summed E-state index contributed by atoms with van der Waals surface area (Å²) in [5.74, 6) is -2.57. The van der Waals surface area contributed by atoms with Crippen molar-refractivity contribution in [1.29, 1.82) is 0 Å². The van der Waals surface area contributed by atoms with Gasteiger partial charge in [0.1, 0.15) is 23.9 Å². The number of carbonyl (C=O) groups is 1. The average Bonchev–Trinajstić information content (AvgIpc) is 2.71. The molecule has 1 heterocycles. The highest BCUT2D eigenvalue weighted by molar-refractivity contribution is 8.45. The van der Waals surface area contributed by atoms with E-state index in [1.165, 1.54) is 12.6 Å². The van der Waals surface area contributed by atoms with E-state index in [4.69, 9.17) is 14.7 Å². The van der Waals surface area contributed by atoms with Crippen LogP contribution in [0, 0.1) is 5.21 Å². The number of benzene rings is 1. The molecule has 3 N–H and O–H groups in total. The molecule has 0 fully saturated rings. The average molecular weight is 533 g/mol. The van der Waals surface area contributed by atoms with E-state index in [1.54, 1.807) is 0 Å². The van der Waals surface area contributed by atoms with E-state index in [1.807, 2.05) is 0 Å². The lowest BCUT2D eigenvalue weighted by Gasteiger charge is -2.41. The molecule has 0 radical (unpaired) electrons. The molecule has 2 atom stereocenters. The van der Waals surface area contributed by atoms with Crippen LogP contribution in [0.5, 0.6) is 5.75 Å². The van der Waals surface area contributed by atoms with E-state index in [9.17, 15) is 42.6 Å². The molecule has 0 aromatic heterocycles. The van der Waals surface area contributed by atoms with Crippen molar-refractivity contribution in [2.75, 3.05) is 13.2 Å². The Labute approximate surface area is 185 Å². The van der Waals surface area contributed by atoms with Crippen LogP contribution in [0.15, 0.2) is 22.6 Å². The lowest BCUT2D eigenvalue weighted by molar-refractivity contribution is -0.193. The van der Waals surface area contributed by atoms with Gasteiger partial charge in [-0.1, -0.05) is 32.0 Å². The normalized spacial score (nSPS) is 19.3. The molecule has 18 heteroatoms. The standard InChI is InChI=1S/C16H17F8N2O7S/c1-2-8-3-11(34(20,21,22,23)24)4-9-5-12(14(16(17,18)19)33-13(8)9)15(27)32-10(6-30-25-28)7-31-26-29/h3-5,10,14,25-26,28H,2,6-7H2,1H3/q-1/t10?,14-/m0/s1. The number of hydrogen-bond donors (Lipinski definition) is 3. The summed E-state index contributed by atoms with van der Waals surface area (Å²) in [6, 6.07) is -0.135. The van der Waals surface area contributed by atoms with Crippen LogP contribution >= 0.6 is 10.2 Å². The molecule has 1 aromatic carbocycles. The topological polar surface area (TPSA) is 121 Å². The van der Waals surface area contributed by atoms with E-state index in [2.05, 4.69) is 9.68 Å². The van der Waals surface area contributed by atoms with Crippen molar-refractivity contribution >= 4 is 22.3 Å². The molecule has 34 heavy (non-hydrogen) atoms. The molecule has 196 valence electrons. The zero-order chi connectivity index (χ0) is 26.0. The number of aryl methyl sites for hydroxylation is 1. The van der Waals surface area contributed by atoms with Crippen LogP contribution in [0.25, 0.3) is 6.08 Å². The molecule has 1 aliphatic heterocycles. The van der Waals surface area contributed by atoms with Crippen molar-refractivity contribution in [3.05, 3.63) is 34.0 Å². The Hall–Kier alpha value is -2.22. The first-order valence-electron chi connectivity index (χ1n) is 8.98. The summed E-state index contributed by atoms with van der Waals surface area (Å²) in [5, 5.41) is 18.6. The van der Waals surface area contributed by atoms with Gasteiger partial charge in [-0.2, -0.15) is 13.2 Å². The summed E-state index contributed by atoms with van der Waals surface area (Å²) in [4.78, 5) is 18.5. The second-order valence-corrected chi connectivity index (χ2v) is 9.20. The van der Waals surface area contributed by atoms with Gasteiger partial charge in [0.25, 0.3) is 0 Å². The lowest BCUT2D eigenvalue weighted by atomic mass is 9.98. The highest BCUT2D eigenvalue weighted by Gasteiger charge is 2.66. The summed E-state index contributed by atoms with van der Waals surface area (Å²) in [7, 11) is -10.2. The largest absolute Gasteiger partial charge is 0.765 e. The summed E-state index contributed by atoms with van der Waals surface area (Å²) >= 11 is 0. The fourth-order valence-corrected chi connectivity index (χ4v) is 3.56. The highest BCUT2D eigenvalue weighted by atomic mass is 32.5. The van der Waals surface area contributed by atoms with Crippen molar-refractivity contribution in [1.82, 2.24) is 11.3 Å². The van der Waals surface area contributed by atoms with Crippen molar-refractivity contribution in [2.24, 2.45) is 0 Å². The molecule has 1 aliphatic rings. The van der Waals surface area contributed by atoms with Gasteiger partial charge in [0.15, 0.2) is 6.10 Å². The third kappa shape index (κ3) is 6.90. The predicted octanol–water partition coefficient (Wildman–Crippen LogP) is 4.45. The van der Waals surface area contributed by atoms with Crippen molar-refractivity contribution in [3.8, 4) is 5.75 Å². The molecule has 0 aliphatic carbocycles. The Bertz CT molecular complexity index is 948. The van der Waals surface area contributed by atoms with Gasteiger partial charge in [-0.15, -0.1) is 0 Å². The molecule has 0 saturated carbocycles. The Morgan fingerprint density at radius 1 is 1.21 bits per heavy atom. The Balaban J connectivity index is 2.58. The molecule has 0 bridgehead atoms. The highest BCUT2D eigenvalue weighted by Crippen LogP contribution is 3.02. The minimum Gasteiger partial charge on any atom is -0.765 e. The van der Waals surface area contributed by atoms with Crippen molar-refractivity contribution in [3.63, 3.8) is 0 Å². The summed E-state index contributed by atoms with van der Waals surface area (Å²) in [5.41, 5.74) is -0.728. The SMILES string of the molecule is CCc1cc(S(F)(F)(F)(F)F)cc2c1O[C@H](C(F)(F)F)C(C(=O)OC(CON[O-])CONO)=C2. The number of esters is 1.